The number of para-hydroxylation sites is 1. The second-order valence-corrected chi connectivity index (χ2v) is 10.7. The Labute approximate surface area is 216 Å². The van der Waals surface area contributed by atoms with Crippen molar-refractivity contribution in [1.29, 1.82) is 0 Å². The van der Waals surface area contributed by atoms with Crippen molar-refractivity contribution in [3.63, 3.8) is 0 Å². The fraction of sp³-hybridized carbons (Fsp3) is 0.429. The number of benzene rings is 4. The Bertz CT molecular complexity index is 1410. The molecule has 0 atom stereocenters. The Hall–Kier alpha value is -2.80. The summed E-state index contributed by atoms with van der Waals surface area (Å²) < 4.78 is 6.27. The minimum atomic E-state index is 0.966. The van der Waals surface area contributed by atoms with Gasteiger partial charge in [-0.05, 0) is 52.8 Å². The molecule has 0 N–H and O–H groups in total. The summed E-state index contributed by atoms with van der Waals surface area (Å²) in [6, 6.07) is 24.4. The van der Waals surface area contributed by atoms with E-state index in [-0.39, 0.29) is 0 Å². The van der Waals surface area contributed by atoms with E-state index in [0.717, 1.165) is 11.2 Å². The number of fused-ring (bicyclic) bond motifs is 7. The molecule has 1 nitrogen and oxygen atoms in total. The number of rotatable bonds is 14. The van der Waals surface area contributed by atoms with Crippen LogP contribution < -0.4 is 0 Å². The monoisotopic (exact) mass is 478 g/mol. The largest absolute Gasteiger partial charge is 0.455 e. The van der Waals surface area contributed by atoms with Crippen LogP contribution in [-0.4, -0.2) is 0 Å². The smallest absolute Gasteiger partial charge is 0.143 e. The third kappa shape index (κ3) is 5.77. The molecule has 0 saturated carbocycles. The summed E-state index contributed by atoms with van der Waals surface area (Å²) in [6.07, 6.45) is 19.5. The van der Waals surface area contributed by atoms with Crippen LogP contribution in [0.5, 0.6) is 0 Å². The maximum Gasteiger partial charge on any atom is 0.143 e. The van der Waals surface area contributed by atoms with Gasteiger partial charge in [0, 0.05) is 16.2 Å². The van der Waals surface area contributed by atoms with E-state index in [2.05, 4.69) is 67.6 Å². The molecule has 0 aliphatic rings. The van der Waals surface area contributed by atoms with Gasteiger partial charge in [0.2, 0.25) is 0 Å². The molecule has 0 aliphatic carbocycles. The van der Waals surface area contributed by atoms with E-state index >= 15 is 0 Å². The third-order valence-electron chi connectivity index (χ3n) is 7.99. The van der Waals surface area contributed by atoms with Gasteiger partial charge in [0.05, 0.1) is 0 Å². The second-order valence-electron chi connectivity index (χ2n) is 10.7. The third-order valence-corrected chi connectivity index (χ3v) is 7.99. The van der Waals surface area contributed by atoms with Gasteiger partial charge < -0.3 is 4.42 Å². The fourth-order valence-corrected chi connectivity index (χ4v) is 5.88. The van der Waals surface area contributed by atoms with Crippen LogP contribution in [0.4, 0.5) is 0 Å². The number of furan rings is 1. The lowest BCUT2D eigenvalue weighted by molar-refractivity contribution is 0.539. The van der Waals surface area contributed by atoms with E-state index in [1.807, 2.05) is 6.07 Å². The van der Waals surface area contributed by atoms with Crippen molar-refractivity contribution in [1.82, 2.24) is 0 Å². The molecule has 1 heterocycles. The Morgan fingerprint density at radius 2 is 1.08 bits per heavy atom. The number of hydrogen-bond donors (Lipinski definition) is 0. The van der Waals surface area contributed by atoms with Crippen LogP contribution in [0, 0.1) is 0 Å². The number of hydrogen-bond acceptors (Lipinski definition) is 1. The minimum absolute atomic E-state index is 0.966. The highest BCUT2D eigenvalue weighted by atomic mass is 16.3. The van der Waals surface area contributed by atoms with Gasteiger partial charge in [-0.2, -0.15) is 0 Å². The summed E-state index contributed by atoms with van der Waals surface area (Å²) in [5, 5.41) is 7.56. The average Bonchev–Trinajstić information content (AvgIpc) is 3.30. The molecule has 5 rings (SSSR count). The maximum absolute atomic E-state index is 6.27. The average molecular weight is 479 g/mol. The fourth-order valence-electron chi connectivity index (χ4n) is 5.88. The number of unbranched alkanes of at least 4 members (excludes halogenated alkanes) is 12. The SMILES string of the molecule is CCCCCCCCCCCCCCCc1ccc2c(ccc3c2ccc2c4ccccc4oc23)c1. The molecule has 0 spiro atoms. The Morgan fingerprint density at radius 3 is 1.83 bits per heavy atom. The first-order valence-corrected chi connectivity index (χ1v) is 14.6. The Morgan fingerprint density at radius 1 is 0.500 bits per heavy atom. The van der Waals surface area contributed by atoms with Crippen molar-refractivity contribution in [3.8, 4) is 0 Å². The van der Waals surface area contributed by atoms with Gasteiger partial charge in [-0.15, -0.1) is 0 Å². The van der Waals surface area contributed by atoms with E-state index in [0.29, 0.717) is 0 Å². The van der Waals surface area contributed by atoms with Gasteiger partial charge in [0.1, 0.15) is 11.2 Å². The molecule has 36 heavy (non-hydrogen) atoms. The molecule has 5 aromatic rings. The zero-order valence-electron chi connectivity index (χ0n) is 22.2. The van der Waals surface area contributed by atoms with Crippen LogP contribution in [0.15, 0.2) is 71.1 Å². The van der Waals surface area contributed by atoms with Crippen molar-refractivity contribution >= 4 is 43.5 Å². The first-order valence-electron chi connectivity index (χ1n) is 14.6. The molecule has 4 aromatic carbocycles. The molecule has 1 aromatic heterocycles. The van der Waals surface area contributed by atoms with Crippen molar-refractivity contribution in [2.24, 2.45) is 0 Å². The Balaban J connectivity index is 1.11. The zero-order chi connectivity index (χ0) is 24.6. The maximum atomic E-state index is 6.27. The van der Waals surface area contributed by atoms with E-state index in [1.165, 1.54) is 128 Å². The molecule has 188 valence electrons. The van der Waals surface area contributed by atoms with Gasteiger partial charge in [0.15, 0.2) is 0 Å². The lowest BCUT2D eigenvalue weighted by Crippen LogP contribution is -1.88. The quantitative estimate of drug-likeness (QED) is 0.114. The summed E-state index contributed by atoms with van der Waals surface area (Å²) in [4.78, 5) is 0. The predicted octanol–water partition coefficient (Wildman–Crippen LogP) is 11.5. The van der Waals surface area contributed by atoms with Crippen LogP contribution in [0.3, 0.4) is 0 Å². The number of aryl methyl sites for hydroxylation is 1. The van der Waals surface area contributed by atoms with Crippen molar-refractivity contribution in [2.45, 2.75) is 96.8 Å². The highest BCUT2D eigenvalue weighted by Gasteiger charge is 2.11. The van der Waals surface area contributed by atoms with E-state index < -0.39 is 0 Å². The van der Waals surface area contributed by atoms with Crippen LogP contribution in [0.25, 0.3) is 43.5 Å². The highest BCUT2D eigenvalue weighted by Crippen LogP contribution is 2.36. The first-order chi connectivity index (χ1) is 17.8. The molecule has 1 heteroatoms. The molecule has 0 bridgehead atoms. The van der Waals surface area contributed by atoms with E-state index in [9.17, 15) is 0 Å². The Kier molecular flexibility index (Phi) is 8.59. The van der Waals surface area contributed by atoms with Crippen LogP contribution >= 0.6 is 0 Å². The molecule has 0 radical (unpaired) electrons. The van der Waals surface area contributed by atoms with Crippen molar-refractivity contribution < 1.29 is 4.42 Å². The van der Waals surface area contributed by atoms with Crippen molar-refractivity contribution in [3.05, 3.63) is 72.3 Å². The summed E-state index contributed by atoms with van der Waals surface area (Å²) in [6.45, 7) is 2.29. The minimum Gasteiger partial charge on any atom is -0.455 e. The topological polar surface area (TPSA) is 13.1 Å². The standard InChI is InChI=1S/C35H42O/c1-2-3-4-5-6-7-8-9-10-11-12-13-14-17-27-20-22-29-28(26-27)21-23-32-30(29)24-25-33-31-18-15-16-19-34(31)36-35(32)33/h15-16,18-26H,2-14,17H2,1H3. The molecule has 0 aliphatic heterocycles. The second kappa shape index (κ2) is 12.4. The summed E-state index contributed by atoms with van der Waals surface area (Å²) in [5.41, 5.74) is 3.44. The van der Waals surface area contributed by atoms with Gasteiger partial charge in [-0.1, -0.05) is 133 Å². The zero-order valence-corrected chi connectivity index (χ0v) is 22.2. The van der Waals surface area contributed by atoms with Gasteiger partial charge >= 0.3 is 0 Å². The molecule has 0 saturated heterocycles. The first kappa shape index (κ1) is 24.9. The normalized spacial score (nSPS) is 11.9. The summed E-state index contributed by atoms with van der Waals surface area (Å²) in [5.74, 6) is 0. The van der Waals surface area contributed by atoms with Gasteiger partial charge in [0.25, 0.3) is 0 Å². The predicted molar refractivity (Wildman–Crippen MR) is 158 cm³/mol. The molecule has 0 amide bonds. The molecular formula is C35H42O. The lowest BCUT2D eigenvalue weighted by atomic mass is 9.97. The van der Waals surface area contributed by atoms with Crippen LogP contribution in [0.1, 0.15) is 96.0 Å². The lowest BCUT2D eigenvalue weighted by Gasteiger charge is -2.08. The van der Waals surface area contributed by atoms with Crippen molar-refractivity contribution in [2.75, 3.05) is 0 Å². The highest BCUT2D eigenvalue weighted by molar-refractivity contribution is 6.20. The van der Waals surface area contributed by atoms with E-state index in [4.69, 9.17) is 4.42 Å². The summed E-state index contributed by atoms with van der Waals surface area (Å²) in [7, 11) is 0. The van der Waals surface area contributed by atoms with Crippen LogP contribution in [0.2, 0.25) is 0 Å². The van der Waals surface area contributed by atoms with E-state index in [1.54, 1.807) is 0 Å². The van der Waals surface area contributed by atoms with Gasteiger partial charge in [-0.25, -0.2) is 0 Å². The van der Waals surface area contributed by atoms with Gasteiger partial charge in [-0.3, -0.25) is 0 Å². The molecule has 0 unspecified atom stereocenters. The van der Waals surface area contributed by atoms with Crippen LogP contribution in [-0.2, 0) is 6.42 Å². The molecular weight excluding hydrogens is 436 g/mol. The summed E-state index contributed by atoms with van der Waals surface area (Å²) >= 11 is 0. The molecule has 0 fully saturated rings.